The molecule has 0 bridgehead atoms. The molecule has 132 valence electrons. The molecule has 3 rings (SSSR count). The lowest BCUT2D eigenvalue weighted by molar-refractivity contribution is -0.385. The molecule has 0 fully saturated rings. The Bertz CT molecular complexity index is 789. The molecule has 25 heavy (non-hydrogen) atoms. The van der Waals surface area contributed by atoms with Crippen LogP contribution in [-0.4, -0.2) is 26.1 Å². The van der Waals surface area contributed by atoms with Gasteiger partial charge in [-0.1, -0.05) is 18.2 Å². The first-order chi connectivity index (χ1) is 12.0. The van der Waals surface area contributed by atoms with Crippen LogP contribution in [0.15, 0.2) is 42.5 Å². The second-order valence-electron chi connectivity index (χ2n) is 6.13. The van der Waals surface area contributed by atoms with Crippen molar-refractivity contribution in [3.8, 4) is 0 Å². The third-order valence-corrected chi connectivity index (χ3v) is 4.97. The van der Waals surface area contributed by atoms with Crippen LogP contribution in [-0.2, 0) is 5.66 Å². The number of anilines is 2. The maximum atomic E-state index is 11.4. The van der Waals surface area contributed by atoms with Crippen LogP contribution in [0.2, 0.25) is 0 Å². The maximum Gasteiger partial charge on any atom is 0.274 e. The van der Waals surface area contributed by atoms with E-state index in [-0.39, 0.29) is 16.7 Å². The highest BCUT2D eigenvalue weighted by atomic mass is 16.6. The molecule has 0 spiro atoms. The van der Waals surface area contributed by atoms with E-state index in [9.17, 15) is 10.1 Å². The van der Waals surface area contributed by atoms with Gasteiger partial charge in [0.15, 0.2) is 0 Å². The van der Waals surface area contributed by atoms with Gasteiger partial charge in [0.2, 0.25) is 0 Å². The fourth-order valence-corrected chi connectivity index (χ4v) is 3.57. The zero-order valence-corrected chi connectivity index (χ0v) is 14.6. The lowest BCUT2D eigenvalue weighted by atomic mass is 9.83. The van der Waals surface area contributed by atoms with Crippen LogP contribution in [0.4, 0.5) is 17.1 Å². The average molecular weight is 341 g/mol. The second-order valence-corrected chi connectivity index (χ2v) is 6.13. The Morgan fingerprint density at radius 2 is 1.88 bits per heavy atom. The van der Waals surface area contributed by atoms with Gasteiger partial charge in [-0.25, -0.2) is 0 Å². The van der Waals surface area contributed by atoms with Gasteiger partial charge < -0.3 is 10.6 Å². The monoisotopic (exact) mass is 341 g/mol. The Balaban J connectivity index is 2.11. The van der Waals surface area contributed by atoms with Gasteiger partial charge in [-0.3, -0.25) is 20.7 Å². The Morgan fingerprint density at radius 1 is 1.16 bits per heavy atom. The van der Waals surface area contributed by atoms with Crippen LogP contribution in [0.1, 0.15) is 23.6 Å². The minimum Gasteiger partial charge on any atom is -0.388 e. The Labute approximate surface area is 147 Å². The molecule has 0 amide bonds. The van der Waals surface area contributed by atoms with Crippen LogP contribution in [0.25, 0.3) is 0 Å². The van der Waals surface area contributed by atoms with E-state index in [4.69, 9.17) is 0 Å². The van der Waals surface area contributed by atoms with Gasteiger partial charge in [0.05, 0.1) is 22.2 Å². The van der Waals surface area contributed by atoms with E-state index in [1.807, 2.05) is 45.4 Å². The molecule has 1 aliphatic heterocycles. The van der Waals surface area contributed by atoms with Gasteiger partial charge in [-0.15, -0.1) is 0 Å². The number of fused-ring (bicyclic) bond motifs is 1. The molecule has 4 N–H and O–H groups in total. The first kappa shape index (κ1) is 17.2. The summed E-state index contributed by atoms with van der Waals surface area (Å²) in [5.41, 5.74) is 3.39. The highest BCUT2D eigenvalue weighted by molar-refractivity contribution is 5.65. The summed E-state index contributed by atoms with van der Waals surface area (Å²) in [6.07, 6.45) is 0.630. The largest absolute Gasteiger partial charge is 0.388 e. The molecule has 0 aliphatic carbocycles. The molecule has 2 aromatic rings. The molecule has 1 atom stereocenters. The SMILES string of the molecule is CNc1ccc2c(c1)C(NC)(NC)CC(c1ccccc1[N+](=O)[O-])N2. The molecule has 1 aliphatic rings. The van der Waals surface area contributed by atoms with Crippen LogP contribution < -0.4 is 21.3 Å². The zero-order valence-electron chi connectivity index (χ0n) is 14.6. The molecule has 0 saturated carbocycles. The summed E-state index contributed by atoms with van der Waals surface area (Å²) in [7, 11) is 5.68. The van der Waals surface area contributed by atoms with Crippen molar-refractivity contribution in [3.05, 3.63) is 63.7 Å². The third kappa shape index (κ3) is 2.92. The molecule has 7 nitrogen and oxygen atoms in total. The summed E-state index contributed by atoms with van der Waals surface area (Å²) >= 11 is 0. The molecule has 0 saturated heterocycles. The number of para-hydroxylation sites is 1. The van der Waals surface area contributed by atoms with Crippen LogP contribution in [0.5, 0.6) is 0 Å². The molecular weight excluding hydrogens is 318 g/mol. The number of hydrogen-bond donors (Lipinski definition) is 4. The summed E-state index contributed by atoms with van der Waals surface area (Å²) in [4.78, 5) is 11.1. The number of nitro groups is 1. The van der Waals surface area contributed by atoms with Gasteiger partial charge in [-0.2, -0.15) is 0 Å². The van der Waals surface area contributed by atoms with Gasteiger partial charge in [0.1, 0.15) is 0 Å². The van der Waals surface area contributed by atoms with Crippen LogP contribution in [0.3, 0.4) is 0 Å². The molecule has 0 radical (unpaired) electrons. The van der Waals surface area contributed by atoms with E-state index in [1.165, 1.54) is 0 Å². The minimum absolute atomic E-state index is 0.136. The Kier molecular flexibility index (Phi) is 4.61. The van der Waals surface area contributed by atoms with Gasteiger partial charge in [-0.05, 0) is 32.3 Å². The van der Waals surface area contributed by atoms with Crippen molar-refractivity contribution >= 4 is 17.1 Å². The highest BCUT2D eigenvalue weighted by Gasteiger charge is 2.40. The van der Waals surface area contributed by atoms with Gasteiger partial charge >= 0.3 is 0 Å². The molecule has 1 heterocycles. The summed E-state index contributed by atoms with van der Waals surface area (Å²) in [5.74, 6) is 0. The van der Waals surface area contributed by atoms with E-state index in [0.717, 1.165) is 16.9 Å². The number of benzene rings is 2. The topological polar surface area (TPSA) is 91.3 Å². The van der Waals surface area contributed by atoms with Crippen molar-refractivity contribution in [2.45, 2.75) is 18.1 Å². The normalized spacial score (nSPS) is 18.1. The standard InChI is InChI=1S/C18H23N5O2/c1-19-12-8-9-15-14(10-12)18(20-2,21-3)11-16(22-15)13-6-4-5-7-17(13)23(24)25/h4-10,16,19-22H,11H2,1-3H3. The van der Waals surface area contributed by atoms with Crippen molar-refractivity contribution in [2.75, 3.05) is 31.8 Å². The van der Waals surface area contributed by atoms with Crippen molar-refractivity contribution in [1.29, 1.82) is 0 Å². The fraction of sp³-hybridized carbons (Fsp3) is 0.333. The van der Waals surface area contributed by atoms with Crippen LogP contribution in [0, 0.1) is 10.1 Å². The second kappa shape index (κ2) is 6.70. The van der Waals surface area contributed by atoms with E-state index in [0.29, 0.717) is 12.0 Å². The zero-order chi connectivity index (χ0) is 18.0. The van der Waals surface area contributed by atoms with E-state index in [1.54, 1.807) is 12.1 Å². The number of hydrogen-bond acceptors (Lipinski definition) is 6. The van der Waals surface area contributed by atoms with E-state index < -0.39 is 5.66 Å². The minimum atomic E-state index is -0.484. The predicted molar refractivity (Wildman–Crippen MR) is 99.9 cm³/mol. The molecular formula is C18H23N5O2. The average Bonchev–Trinajstić information content (AvgIpc) is 2.66. The quantitative estimate of drug-likeness (QED) is 0.380. The first-order valence-corrected chi connectivity index (χ1v) is 8.24. The van der Waals surface area contributed by atoms with Crippen molar-refractivity contribution in [2.24, 2.45) is 0 Å². The Hall–Kier alpha value is -2.64. The molecule has 2 aromatic carbocycles. The number of nitrogens with zero attached hydrogens (tertiary/aromatic N) is 1. The fourth-order valence-electron chi connectivity index (χ4n) is 3.57. The van der Waals surface area contributed by atoms with Gasteiger partial charge in [0, 0.05) is 36.5 Å². The van der Waals surface area contributed by atoms with Crippen molar-refractivity contribution in [1.82, 2.24) is 10.6 Å². The third-order valence-electron chi connectivity index (χ3n) is 4.97. The van der Waals surface area contributed by atoms with E-state index in [2.05, 4.69) is 27.3 Å². The summed E-state index contributed by atoms with van der Waals surface area (Å²) in [6, 6.07) is 12.8. The first-order valence-electron chi connectivity index (χ1n) is 8.24. The summed E-state index contributed by atoms with van der Waals surface area (Å²) in [6.45, 7) is 0. The highest BCUT2D eigenvalue weighted by Crippen LogP contribution is 2.43. The predicted octanol–water partition coefficient (Wildman–Crippen LogP) is 2.79. The lowest BCUT2D eigenvalue weighted by Crippen LogP contribution is -2.54. The van der Waals surface area contributed by atoms with Crippen molar-refractivity contribution in [3.63, 3.8) is 0 Å². The molecule has 0 aromatic heterocycles. The molecule has 1 unspecified atom stereocenters. The number of nitrogens with one attached hydrogen (secondary N) is 4. The number of nitro benzene ring substituents is 1. The summed E-state index contributed by atoms with van der Waals surface area (Å²) in [5, 5.41) is 24.8. The lowest BCUT2D eigenvalue weighted by Gasteiger charge is -2.43. The van der Waals surface area contributed by atoms with Gasteiger partial charge in [0.25, 0.3) is 5.69 Å². The molecule has 7 heteroatoms. The van der Waals surface area contributed by atoms with Crippen LogP contribution >= 0.6 is 0 Å². The number of rotatable bonds is 5. The smallest absolute Gasteiger partial charge is 0.274 e. The van der Waals surface area contributed by atoms with E-state index >= 15 is 0 Å². The Morgan fingerprint density at radius 3 is 2.52 bits per heavy atom. The summed E-state index contributed by atoms with van der Waals surface area (Å²) < 4.78 is 0. The maximum absolute atomic E-state index is 11.4. The van der Waals surface area contributed by atoms with Crippen molar-refractivity contribution < 1.29 is 4.92 Å².